The first-order chi connectivity index (χ1) is 12.9. The molecule has 2 aromatic carbocycles. The Kier molecular flexibility index (Phi) is 6.05. The first-order valence-electron chi connectivity index (χ1n) is 7.65. The van der Waals surface area contributed by atoms with Crippen molar-refractivity contribution in [1.29, 1.82) is 0 Å². The van der Waals surface area contributed by atoms with Gasteiger partial charge < -0.3 is 0 Å². The zero-order chi connectivity index (χ0) is 21.3. The fourth-order valence-corrected chi connectivity index (χ4v) is 4.34. The van der Waals surface area contributed by atoms with E-state index in [0.717, 1.165) is 24.3 Å². The molecule has 0 N–H and O–H groups in total. The number of nitro benzene ring substituents is 1. The van der Waals surface area contributed by atoms with Crippen molar-refractivity contribution in [3.05, 3.63) is 75.3 Å². The molecule has 0 saturated carbocycles. The largest absolute Gasteiger partial charge is 0.417 e. The van der Waals surface area contributed by atoms with Gasteiger partial charge in [-0.2, -0.15) is 13.2 Å². The van der Waals surface area contributed by atoms with Crippen LogP contribution >= 0.6 is 11.6 Å². The summed E-state index contributed by atoms with van der Waals surface area (Å²) in [6.07, 6.45) is -3.61. The van der Waals surface area contributed by atoms with Crippen molar-refractivity contribution in [1.82, 2.24) is 0 Å². The van der Waals surface area contributed by atoms with Crippen LogP contribution in [-0.2, 0) is 16.2 Å². The van der Waals surface area contributed by atoms with Crippen LogP contribution in [-0.4, -0.2) is 19.9 Å². The lowest BCUT2D eigenvalue weighted by Gasteiger charge is -2.25. The molecule has 0 aliphatic carbocycles. The van der Waals surface area contributed by atoms with Crippen molar-refractivity contribution >= 4 is 33.0 Å². The summed E-state index contributed by atoms with van der Waals surface area (Å²) in [7, 11) is -4.43. The zero-order valence-electron chi connectivity index (χ0n) is 14.4. The van der Waals surface area contributed by atoms with E-state index in [4.69, 9.17) is 11.6 Å². The number of alkyl halides is 3. The Bertz CT molecular complexity index is 1040. The summed E-state index contributed by atoms with van der Waals surface area (Å²) < 4.78 is 66.4. The summed E-state index contributed by atoms with van der Waals surface area (Å²) in [6.45, 7) is 4.49. The summed E-state index contributed by atoms with van der Waals surface area (Å²) in [5.74, 6) is 0. The van der Waals surface area contributed by atoms with Crippen LogP contribution in [0.5, 0.6) is 0 Å². The summed E-state index contributed by atoms with van der Waals surface area (Å²) in [4.78, 5) is 9.83. The number of rotatable bonds is 6. The molecule has 28 heavy (non-hydrogen) atoms. The highest BCUT2D eigenvalue weighted by Gasteiger charge is 2.35. The molecule has 0 atom stereocenters. The van der Waals surface area contributed by atoms with Gasteiger partial charge in [-0.15, -0.1) is 6.58 Å². The molecule has 0 spiro atoms. The Morgan fingerprint density at radius 2 is 1.89 bits per heavy atom. The minimum Gasteiger partial charge on any atom is -0.263 e. The van der Waals surface area contributed by atoms with Crippen molar-refractivity contribution in [2.45, 2.75) is 18.0 Å². The molecule has 0 aromatic heterocycles. The average molecular weight is 435 g/mol. The monoisotopic (exact) mass is 434 g/mol. The molecule has 0 heterocycles. The number of hydrogen-bond acceptors (Lipinski definition) is 4. The second kappa shape index (κ2) is 7.80. The van der Waals surface area contributed by atoms with Gasteiger partial charge in [0.25, 0.3) is 15.7 Å². The molecule has 0 radical (unpaired) electrons. The third kappa shape index (κ3) is 4.28. The number of nitrogens with zero attached hydrogens (tertiary/aromatic N) is 2. The van der Waals surface area contributed by atoms with Crippen molar-refractivity contribution in [2.75, 3.05) is 10.8 Å². The van der Waals surface area contributed by atoms with E-state index < -0.39 is 42.3 Å². The first-order valence-corrected chi connectivity index (χ1v) is 9.47. The Morgan fingerprint density at radius 1 is 1.25 bits per heavy atom. The average Bonchev–Trinajstić information content (AvgIpc) is 2.59. The van der Waals surface area contributed by atoms with Gasteiger partial charge in [0.05, 0.1) is 32.6 Å². The van der Waals surface area contributed by atoms with Gasteiger partial charge in [-0.05, 0) is 30.7 Å². The molecular formula is C17H14ClF3N2O4S. The quantitative estimate of drug-likeness (QED) is 0.365. The van der Waals surface area contributed by atoms with E-state index in [2.05, 4.69) is 6.58 Å². The van der Waals surface area contributed by atoms with Crippen LogP contribution in [0.2, 0.25) is 5.02 Å². The Hall–Kier alpha value is -2.59. The van der Waals surface area contributed by atoms with Crippen LogP contribution in [0.3, 0.4) is 0 Å². The second-order valence-electron chi connectivity index (χ2n) is 5.69. The third-order valence-electron chi connectivity index (χ3n) is 3.79. The van der Waals surface area contributed by atoms with E-state index >= 15 is 0 Å². The number of sulfonamides is 1. The molecule has 6 nitrogen and oxygen atoms in total. The molecule has 0 aliphatic rings. The maximum Gasteiger partial charge on any atom is 0.417 e. The van der Waals surface area contributed by atoms with Crippen LogP contribution in [0.15, 0.2) is 53.9 Å². The first kappa shape index (κ1) is 21.7. The van der Waals surface area contributed by atoms with E-state index in [1.54, 1.807) is 0 Å². The lowest BCUT2D eigenvalue weighted by atomic mass is 10.2. The second-order valence-corrected chi connectivity index (χ2v) is 7.93. The number of anilines is 1. The van der Waals surface area contributed by atoms with E-state index in [0.29, 0.717) is 10.4 Å². The molecular weight excluding hydrogens is 421 g/mol. The van der Waals surface area contributed by atoms with Crippen molar-refractivity contribution in [3.63, 3.8) is 0 Å². The molecule has 0 unspecified atom stereocenters. The zero-order valence-corrected chi connectivity index (χ0v) is 16.0. The SMILES string of the molecule is C=CCN(c1ccc(Cl)c(C(F)(F)F)c1)S(=O)(=O)c1cc([N+](=O)[O-])ccc1C. The van der Waals surface area contributed by atoms with Crippen molar-refractivity contribution in [3.8, 4) is 0 Å². The maximum absolute atomic E-state index is 13.2. The Morgan fingerprint density at radius 3 is 2.43 bits per heavy atom. The van der Waals surface area contributed by atoms with Crippen LogP contribution in [0.1, 0.15) is 11.1 Å². The number of halogens is 4. The molecule has 0 fully saturated rings. The summed E-state index contributed by atoms with van der Waals surface area (Å²) in [5, 5.41) is 10.4. The number of hydrogen-bond donors (Lipinski definition) is 0. The van der Waals surface area contributed by atoms with Gasteiger partial charge in [-0.25, -0.2) is 8.42 Å². The summed E-state index contributed by atoms with van der Waals surface area (Å²) in [6, 6.07) is 5.91. The molecule has 2 rings (SSSR count). The summed E-state index contributed by atoms with van der Waals surface area (Å²) in [5.41, 5.74) is -1.77. The van der Waals surface area contributed by atoms with E-state index in [-0.39, 0.29) is 17.8 Å². The fourth-order valence-electron chi connectivity index (χ4n) is 2.44. The predicted octanol–water partition coefficient (Wildman–Crippen LogP) is 4.96. The predicted molar refractivity (Wildman–Crippen MR) is 99.0 cm³/mol. The van der Waals surface area contributed by atoms with Gasteiger partial charge in [0.2, 0.25) is 0 Å². The summed E-state index contributed by atoms with van der Waals surface area (Å²) >= 11 is 5.59. The van der Waals surface area contributed by atoms with Crippen molar-refractivity contribution in [2.24, 2.45) is 0 Å². The molecule has 150 valence electrons. The Balaban J connectivity index is 2.69. The molecule has 11 heteroatoms. The molecule has 0 bridgehead atoms. The lowest BCUT2D eigenvalue weighted by Crippen LogP contribution is -2.32. The normalized spacial score (nSPS) is 11.9. The van der Waals surface area contributed by atoms with Gasteiger partial charge >= 0.3 is 6.18 Å². The highest BCUT2D eigenvalue weighted by molar-refractivity contribution is 7.92. The number of nitro groups is 1. The van der Waals surface area contributed by atoms with E-state index in [1.165, 1.54) is 19.1 Å². The van der Waals surface area contributed by atoms with E-state index in [9.17, 15) is 31.7 Å². The van der Waals surface area contributed by atoms with Crippen LogP contribution < -0.4 is 4.31 Å². The van der Waals surface area contributed by atoms with Gasteiger partial charge in [-0.3, -0.25) is 14.4 Å². The highest BCUT2D eigenvalue weighted by Crippen LogP contribution is 2.38. The van der Waals surface area contributed by atoms with Crippen molar-refractivity contribution < 1.29 is 26.5 Å². The molecule has 0 amide bonds. The maximum atomic E-state index is 13.2. The van der Waals surface area contributed by atoms with E-state index in [1.807, 2.05) is 0 Å². The lowest BCUT2D eigenvalue weighted by molar-refractivity contribution is -0.385. The van der Waals surface area contributed by atoms with Gasteiger partial charge in [0.1, 0.15) is 0 Å². The standard InChI is InChI=1S/C17H14ClF3N2O4S/c1-3-8-22(12-6-7-15(18)14(9-12)17(19,20)21)28(26,27)16-10-13(23(24)25)5-4-11(16)2/h3-7,9-10H,1,8H2,2H3. The minimum absolute atomic E-state index is 0.199. The molecule has 0 saturated heterocycles. The molecule has 2 aromatic rings. The third-order valence-corrected chi connectivity index (χ3v) is 6.05. The Labute approximate surface area is 164 Å². The van der Waals surface area contributed by atoms with Crippen LogP contribution in [0.25, 0.3) is 0 Å². The topological polar surface area (TPSA) is 80.5 Å². The van der Waals surface area contributed by atoms with Crippen LogP contribution in [0, 0.1) is 17.0 Å². The number of non-ortho nitro benzene ring substituents is 1. The van der Waals surface area contributed by atoms with Gasteiger partial charge in [-0.1, -0.05) is 23.7 Å². The minimum atomic E-state index is -4.79. The highest BCUT2D eigenvalue weighted by atomic mass is 35.5. The fraction of sp³-hybridized carbons (Fsp3) is 0.176. The van der Waals surface area contributed by atoms with Crippen LogP contribution in [0.4, 0.5) is 24.5 Å². The number of aryl methyl sites for hydroxylation is 1. The van der Waals surface area contributed by atoms with Gasteiger partial charge in [0.15, 0.2) is 0 Å². The smallest absolute Gasteiger partial charge is 0.263 e. The van der Waals surface area contributed by atoms with Gasteiger partial charge in [0, 0.05) is 12.1 Å². The number of benzene rings is 2. The molecule has 0 aliphatic heterocycles.